The summed E-state index contributed by atoms with van der Waals surface area (Å²) in [6, 6.07) is 14.9. The van der Waals surface area contributed by atoms with Crippen LogP contribution in [0.2, 0.25) is 0 Å². The first-order chi connectivity index (χ1) is 16.6. The molecule has 0 aromatic heterocycles. The maximum atomic E-state index is 13.6. The van der Waals surface area contributed by atoms with Crippen LogP contribution >= 0.6 is 0 Å². The van der Waals surface area contributed by atoms with Crippen molar-refractivity contribution in [3.63, 3.8) is 0 Å². The lowest BCUT2D eigenvalue weighted by molar-refractivity contribution is -0.141. The van der Waals surface area contributed by atoms with Crippen LogP contribution < -0.4 is 11.1 Å². The molecule has 35 heavy (non-hydrogen) atoms. The summed E-state index contributed by atoms with van der Waals surface area (Å²) in [5.74, 6) is -2.22. The second kappa shape index (κ2) is 11.0. The molecule has 1 aliphatic rings. The number of aliphatic hydroxyl groups is 1. The summed E-state index contributed by atoms with van der Waals surface area (Å²) < 4.78 is 0. The third-order valence-electron chi connectivity index (χ3n) is 5.82. The van der Waals surface area contributed by atoms with Gasteiger partial charge < -0.3 is 21.1 Å². The second-order valence-electron chi connectivity index (χ2n) is 8.76. The van der Waals surface area contributed by atoms with E-state index in [1.807, 2.05) is 6.07 Å². The number of carbonyl (C=O) groups is 4. The van der Waals surface area contributed by atoms with Crippen LogP contribution in [0.3, 0.4) is 0 Å². The minimum Gasteiger partial charge on any atom is -0.381 e. The maximum Gasteiger partial charge on any atom is 0.329 e. The highest BCUT2D eigenvalue weighted by atomic mass is 16.3. The number of amides is 5. The molecule has 5 amide bonds. The number of imide groups is 1. The van der Waals surface area contributed by atoms with E-state index in [4.69, 9.17) is 5.73 Å². The molecule has 3 rings (SSSR count). The zero-order chi connectivity index (χ0) is 25.7. The van der Waals surface area contributed by atoms with Gasteiger partial charge >= 0.3 is 6.03 Å². The van der Waals surface area contributed by atoms with Crippen LogP contribution in [0.15, 0.2) is 66.9 Å². The van der Waals surface area contributed by atoms with Crippen LogP contribution in [0.25, 0.3) is 5.70 Å². The van der Waals surface area contributed by atoms with E-state index < -0.39 is 36.0 Å². The van der Waals surface area contributed by atoms with Crippen molar-refractivity contribution < 1.29 is 24.3 Å². The Morgan fingerprint density at radius 1 is 1.03 bits per heavy atom. The molecule has 0 spiro atoms. The molecule has 2 aromatic carbocycles. The van der Waals surface area contributed by atoms with Crippen LogP contribution in [0.5, 0.6) is 0 Å². The first-order valence-corrected chi connectivity index (χ1v) is 11.3. The Labute approximate surface area is 204 Å². The second-order valence-corrected chi connectivity index (χ2v) is 8.76. The summed E-state index contributed by atoms with van der Waals surface area (Å²) in [5, 5.41) is 13.1. The number of benzene rings is 2. The number of aliphatic hydroxyl groups excluding tert-OH is 1. The predicted molar refractivity (Wildman–Crippen MR) is 130 cm³/mol. The Bertz CT molecular complexity index is 1120. The van der Waals surface area contributed by atoms with Crippen molar-refractivity contribution in [2.45, 2.75) is 45.4 Å². The van der Waals surface area contributed by atoms with Gasteiger partial charge in [-0.3, -0.25) is 14.4 Å². The molecule has 0 aliphatic carbocycles. The fourth-order valence-electron chi connectivity index (χ4n) is 4.09. The van der Waals surface area contributed by atoms with Gasteiger partial charge in [-0.25, -0.2) is 9.69 Å². The highest BCUT2D eigenvalue weighted by Crippen LogP contribution is 2.30. The number of rotatable bonds is 7. The average molecular weight is 479 g/mol. The number of nitrogens with two attached hydrogens (primary N) is 1. The van der Waals surface area contributed by atoms with E-state index >= 15 is 0 Å². The number of carbonyl (C=O) groups excluding carboxylic acids is 4. The standard InChI is InChI=1S/C26H30N4O5/c1-16(2)22-25(34)30(21(15-29(22)17(3)31)19-12-8-5-9-13-19)26(35)28-20(23(32)24(27)33)14-18-10-6-4-7-11-18/h4-13,15-16,20,22-23,32H,14H2,1-3H3,(H2,27,33)(H,28,35)/t20-,22?,23?/m0/s1. The molecular weight excluding hydrogens is 448 g/mol. The fraction of sp³-hybridized carbons (Fsp3) is 0.308. The number of hydrogen-bond acceptors (Lipinski definition) is 5. The lowest BCUT2D eigenvalue weighted by Gasteiger charge is -2.40. The summed E-state index contributed by atoms with van der Waals surface area (Å²) in [4.78, 5) is 53.6. The number of urea groups is 1. The Hall–Kier alpha value is -3.98. The van der Waals surface area contributed by atoms with Crippen LogP contribution in [0.4, 0.5) is 4.79 Å². The average Bonchev–Trinajstić information content (AvgIpc) is 2.83. The molecule has 9 heteroatoms. The number of nitrogens with zero attached hydrogens (tertiary/aromatic N) is 2. The molecule has 0 radical (unpaired) electrons. The zero-order valence-electron chi connectivity index (χ0n) is 19.9. The van der Waals surface area contributed by atoms with E-state index in [1.54, 1.807) is 68.4 Å². The van der Waals surface area contributed by atoms with Crippen LogP contribution in [0, 0.1) is 5.92 Å². The third kappa shape index (κ3) is 5.75. The molecule has 0 saturated carbocycles. The monoisotopic (exact) mass is 478 g/mol. The molecule has 0 bridgehead atoms. The van der Waals surface area contributed by atoms with Gasteiger partial charge in [0.25, 0.3) is 5.91 Å². The number of primary amides is 1. The van der Waals surface area contributed by atoms with Crippen molar-refractivity contribution in [1.82, 2.24) is 15.1 Å². The lowest BCUT2D eigenvalue weighted by atomic mass is 9.97. The van der Waals surface area contributed by atoms with Gasteiger partial charge in [-0.1, -0.05) is 74.5 Å². The molecule has 0 fully saturated rings. The van der Waals surface area contributed by atoms with Gasteiger partial charge in [0.1, 0.15) is 6.04 Å². The molecule has 1 heterocycles. The SMILES string of the molecule is CC(=O)N1C=C(c2ccccc2)N(C(=O)N[C@@H](Cc2ccccc2)C(O)C(N)=O)C(=O)C1C(C)C. The van der Waals surface area contributed by atoms with Gasteiger partial charge in [0.2, 0.25) is 11.8 Å². The lowest BCUT2D eigenvalue weighted by Crippen LogP contribution is -2.60. The van der Waals surface area contributed by atoms with Gasteiger partial charge in [-0.15, -0.1) is 0 Å². The first-order valence-electron chi connectivity index (χ1n) is 11.3. The van der Waals surface area contributed by atoms with Gasteiger partial charge in [0.05, 0.1) is 11.7 Å². The molecule has 1 aliphatic heterocycles. The Morgan fingerprint density at radius 3 is 2.11 bits per heavy atom. The molecule has 0 saturated heterocycles. The van der Waals surface area contributed by atoms with E-state index in [1.165, 1.54) is 18.0 Å². The van der Waals surface area contributed by atoms with Crippen molar-refractivity contribution in [2.75, 3.05) is 0 Å². The van der Waals surface area contributed by atoms with Crippen molar-refractivity contribution in [3.8, 4) is 0 Å². The minimum absolute atomic E-state index is 0.107. The van der Waals surface area contributed by atoms with Crippen molar-refractivity contribution in [2.24, 2.45) is 11.7 Å². The highest BCUT2D eigenvalue weighted by molar-refractivity contribution is 6.08. The van der Waals surface area contributed by atoms with Gasteiger partial charge in [-0.05, 0) is 17.9 Å². The van der Waals surface area contributed by atoms with E-state index in [9.17, 15) is 24.3 Å². The van der Waals surface area contributed by atoms with Crippen molar-refractivity contribution >= 4 is 29.4 Å². The molecular formula is C26H30N4O5. The van der Waals surface area contributed by atoms with Crippen LogP contribution in [0.1, 0.15) is 31.9 Å². The van der Waals surface area contributed by atoms with Crippen LogP contribution in [-0.4, -0.2) is 56.8 Å². The number of hydrogen-bond donors (Lipinski definition) is 3. The van der Waals surface area contributed by atoms with E-state index in [0.29, 0.717) is 5.56 Å². The Balaban J connectivity index is 2.02. The predicted octanol–water partition coefficient (Wildman–Crippen LogP) is 1.87. The van der Waals surface area contributed by atoms with E-state index in [0.717, 1.165) is 10.5 Å². The molecule has 9 nitrogen and oxygen atoms in total. The normalized spacial score (nSPS) is 17.6. The molecule has 4 N–H and O–H groups in total. The highest BCUT2D eigenvalue weighted by Gasteiger charge is 2.43. The molecule has 2 unspecified atom stereocenters. The van der Waals surface area contributed by atoms with E-state index in [-0.39, 0.29) is 23.9 Å². The summed E-state index contributed by atoms with van der Waals surface area (Å²) >= 11 is 0. The van der Waals surface area contributed by atoms with Crippen molar-refractivity contribution in [1.29, 1.82) is 0 Å². The van der Waals surface area contributed by atoms with Gasteiger partial charge in [-0.2, -0.15) is 0 Å². The van der Waals surface area contributed by atoms with Crippen molar-refractivity contribution in [3.05, 3.63) is 78.0 Å². The smallest absolute Gasteiger partial charge is 0.329 e. The zero-order valence-corrected chi connectivity index (χ0v) is 19.9. The third-order valence-corrected chi connectivity index (χ3v) is 5.82. The molecule has 2 aromatic rings. The summed E-state index contributed by atoms with van der Waals surface area (Å²) in [6.07, 6.45) is -0.0890. The van der Waals surface area contributed by atoms with Crippen LogP contribution in [-0.2, 0) is 20.8 Å². The first kappa shape index (κ1) is 25.6. The Morgan fingerprint density at radius 2 is 1.60 bits per heavy atom. The largest absolute Gasteiger partial charge is 0.381 e. The topological polar surface area (TPSA) is 133 Å². The quantitative estimate of drug-likeness (QED) is 0.559. The van der Waals surface area contributed by atoms with E-state index in [2.05, 4.69) is 5.32 Å². The maximum absolute atomic E-state index is 13.6. The summed E-state index contributed by atoms with van der Waals surface area (Å²) in [7, 11) is 0. The summed E-state index contributed by atoms with van der Waals surface area (Å²) in [6.45, 7) is 4.92. The molecule has 184 valence electrons. The summed E-state index contributed by atoms with van der Waals surface area (Å²) in [5.41, 5.74) is 6.82. The van der Waals surface area contributed by atoms with Gasteiger partial charge in [0.15, 0.2) is 6.10 Å². The Kier molecular flexibility index (Phi) is 8.03. The fourth-order valence-corrected chi connectivity index (χ4v) is 4.09. The van der Waals surface area contributed by atoms with Gasteiger partial charge in [0, 0.05) is 18.7 Å². The number of nitrogens with one attached hydrogen (secondary N) is 1. The minimum atomic E-state index is -1.68. The molecule has 3 atom stereocenters.